The van der Waals surface area contributed by atoms with E-state index in [1.807, 2.05) is 0 Å². The van der Waals surface area contributed by atoms with Crippen molar-refractivity contribution in [3.05, 3.63) is 48.3 Å². The molecule has 0 aliphatic heterocycles. The molecule has 0 aliphatic rings. The number of benzene rings is 2. The van der Waals surface area contributed by atoms with E-state index in [0.717, 1.165) is 0 Å². The van der Waals surface area contributed by atoms with Gasteiger partial charge in [-0.1, -0.05) is 0 Å². The highest BCUT2D eigenvalue weighted by molar-refractivity contribution is 8.13. The van der Waals surface area contributed by atoms with Gasteiger partial charge in [-0.2, -0.15) is 0 Å². The second-order valence-corrected chi connectivity index (χ2v) is 6.66. The highest BCUT2D eigenvalue weighted by Gasteiger charge is 2.14. The summed E-state index contributed by atoms with van der Waals surface area (Å²) in [7, 11) is 1.45. The minimum atomic E-state index is -3.82. The van der Waals surface area contributed by atoms with Gasteiger partial charge in [-0.05, 0) is 36.4 Å². The molecule has 3 aromatic rings. The van der Waals surface area contributed by atoms with Gasteiger partial charge in [-0.25, -0.2) is 17.8 Å². The van der Waals surface area contributed by atoms with E-state index in [1.165, 1.54) is 42.5 Å². The third kappa shape index (κ3) is 2.39. The smallest absolute Gasteiger partial charge is 0.261 e. The predicted octanol–water partition coefficient (Wildman–Crippen LogP) is 3.56. The Morgan fingerprint density at radius 2 is 1.80 bits per heavy atom. The molecule has 0 saturated carbocycles. The number of aromatic nitrogens is 1. The Bertz CT molecular complexity index is 888. The molecule has 2 aromatic carbocycles. The van der Waals surface area contributed by atoms with Crippen molar-refractivity contribution in [1.82, 2.24) is 4.98 Å². The number of hydrogen-bond acceptors (Lipinski definition) is 4. The van der Waals surface area contributed by atoms with E-state index in [2.05, 4.69) is 4.98 Å². The van der Waals surface area contributed by atoms with Crippen LogP contribution in [0.5, 0.6) is 0 Å². The normalized spacial score (nSPS) is 11.9. The molecule has 1 aromatic heterocycles. The Hall–Kier alpha value is -1.92. The second kappa shape index (κ2) is 4.57. The topological polar surface area (TPSA) is 60.2 Å². The van der Waals surface area contributed by atoms with Gasteiger partial charge in [-0.3, -0.25) is 0 Å². The maximum absolute atomic E-state index is 12.9. The summed E-state index contributed by atoms with van der Waals surface area (Å²) in [6.45, 7) is 0. The lowest BCUT2D eigenvalue weighted by Gasteiger charge is -1.94. The molecule has 4 nitrogen and oxygen atoms in total. The average Bonchev–Trinajstić information content (AvgIpc) is 2.81. The van der Waals surface area contributed by atoms with Crippen molar-refractivity contribution in [3.63, 3.8) is 0 Å². The fourth-order valence-corrected chi connectivity index (χ4v) is 2.54. The van der Waals surface area contributed by atoms with Gasteiger partial charge in [0.15, 0.2) is 5.58 Å². The van der Waals surface area contributed by atoms with Crippen molar-refractivity contribution >= 4 is 30.8 Å². The lowest BCUT2D eigenvalue weighted by atomic mass is 10.2. The van der Waals surface area contributed by atoms with E-state index >= 15 is 0 Å². The van der Waals surface area contributed by atoms with Crippen molar-refractivity contribution in [1.29, 1.82) is 0 Å². The molecule has 0 amide bonds. The molecule has 0 atom stereocenters. The molecule has 0 radical (unpaired) electrons. The first kappa shape index (κ1) is 13.1. The van der Waals surface area contributed by atoms with Crippen LogP contribution in [0.1, 0.15) is 0 Å². The van der Waals surface area contributed by atoms with Gasteiger partial charge in [-0.15, -0.1) is 0 Å². The second-order valence-electron chi connectivity index (χ2n) is 4.09. The standard InChI is InChI=1S/C13H7ClFNO3S/c14-20(17,18)10-5-6-11-12(7-10)19-13(16-11)8-1-3-9(15)4-2-8/h1-7H. The lowest BCUT2D eigenvalue weighted by Crippen LogP contribution is -1.88. The lowest BCUT2D eigenvalue weighted by molar-refractivity contribution is 0.605. The first-order valence-electron chi connectivity index (χ1n) is 5.55. The molecule has 7 heteroatoms. The van der Waals surface area contributed by atoms with Crippen molar-refractivity contribution < 1.29 is 17.2 Å². The average molecular weight is 312 g/mol. The predicted molar refractivity (Wildman–Crippen MR) is 72.4 cm³/mol. The summed E-state index contributed by atoms with van der Waals surface area (Å²) in [6, 6.07) is 9.79. The third-order valence-corrected chi connectivity index (χ3v) is 4.08. The van der Waals surface area contributed by atoms with Crippen LogP contribution in [0.3, 0.4) is 0 Å². The van der Waals surface area contributed by atoms with E-state index in [9.17, 15) is 12.8 Å². The van der Waals surface area contributed by atoms with Gasteiger partial charge < -0.3 is 4.42 Å². The van der Waals surface area contributed by atoms with Gasteiger partial charge in [0.05, 0.1) is 4.90 Å². The first-order valence-corrected chi connectivity index (χ1v) is 7.85. The highest BCUT2D eigenvalue weighted by atomic mass is 35.7. The monoisotopic (exact) mass is 311 g/mol. The number of halogens is 2. The van der Waals surface area contributed by atoms with E-state index in [0.29, 0.717) is 16.7 Å². The minimum Gasteiger partial charge on any atom is -0.436 e. The van der Waals surface area contributed by atoms with Crippen molar-refractivity contribution in [2.45, 2.75) is 4.90 Å². The van der Waals surface area contributed by atoms with Crippen LogP contribution in [0.15, 0.2) is 51.8 Å². The molecule has 20 heavy (non-hydrogen) atoms. The minimum absolute atomic E-state index is 0.0616. The molecule has 0 aliphatic carbocycles. The van der Waals surface area contributed by atoms with Crippen molar-refractivity contribution in [2.24, 2.45) is 0 Å². The van der Waals surface area contributed by atoms with Gasteiger partial charge >= 0.3 is 0 Å². The summed E-state index contributed by atoms with van der Waals surface area (Å²) in [5.41, 5.74) is 1.39. The fourth-order valence-electron chi connectivity index (χ4n) is 1.77. The Morgan fingerprint density at radius 1 is 1.10 bits per heavy atom. The molecular formula is C13H7ClFNO3S. The summed E-state index contributed by atoms with van der Waals surface area (Å²) in [6.07, 6.45) is 0. The zero-order valence-corrected chi connectivity index (χ0v) is 11.5. The molecule has 0 spiro atoms. The number of hydrogen-bond donors (Lipinski definition) is 0. The zero-order valence-electron chi connectivity index (χ0n) is 9.88. The third-order valence-electron chi connectivity index (χ3n) is 2.73. The molecule has 0 bridgehead atoms. The summed E-state index contributed by atoms with van der Waals surface area (Å²) in [5.74, 6) is -0.0792. The highest BCUT2D eigenvalue weighted by Crippen LogP contribution is 2.27. The van der Waals surface area contributed by atoms with Gasteiger partial charge in [0.2, 0.25) is 5.89 Å². The van der Waals surface area contributed by atoms with Crippen LogP contribution < -0.4 is 0 Å². The van der Waals surface area contributed by atoms with Gasteiger partial charge in [0, 0.05) is 22.3 Å². The molecule has 0 fully saturated rings. The Labute approximate surface area is 118 Å². The Balaban J connectivity index is 2.13. The molecule has 0 unspecified atom stereocenters. The van der Waals surface area contributed by atoms with Crippen LogP contribution in [0, 0.1) is 5.82 Å². The van der Waals surface area contributed by atoms with Crippen molar-refractivity contribution in [2.75, 3.05) is 0 Å². The van der Waals surface area contributed by atoms with Crippen LogP contribution in [0.25, 0.3) is 22.6 Å². The SMILES string of the molecule is O=S(=O)(Cl)c1ccc2nc(-c3ccc(F)cc3)oc2c1. The van der Waals surface area contributed by atoms with E-state index in [-0.39, 0.29) is 16.6 Å². The number of rotatable bonds is 2. The molecule has 3 rings (SSSR count). The van der Waals surface area contributed by atoms with Crippen LogP contribution in [-0.4, -0.2) is 13.4 Å². The van der Waals surface area contributed by atoms with Crippen LogP contribution >= 0.6 is 10.7 Å². The summed E-state index contributed by atoms with van der Waals surface area (Å²) >= 11 is 0. The zero-order chi connectivity index (χ0) is 14.3. The van der Waals surface area contributed by atoms with E-state index in [1.54, 1.807) is 0 Å². The van der Waals surface area contributed by atoms with Gasteiger partial charge in [0.1, 0.15) is 11.3 Å². The summed E-state index contributed by atoms with van der Waals surface area (Å²) in [4.78, 5) is 4.15. The first-order chi connectivity index (χ1) is 9.43. The van der Waals surface area contributed by atoms with E-state index in [4.69, 9.17) is 15.1 Å². The number of oxazole rings is 1. The van der Waals surface area contributed by atoms with E-state index < -0.39 is 9.05 Å². The summed E-state index contributed by atoms with van der Waals surface area (Å²) in [5, 5.41) is 0. The maximum Gasteiger partial charge on any atom is 0.261 e. The molecule has 1 heterocycles. The number of nitrogens with zero attached hydrogens (tertiary/aromatic N) is 1. The molecule has 0 N–H and O–H groups in total. The Kier molecular flexibility index (Phi) is 2.99. The molecule has 102 valence electrons. The van der Waals surface area contributed by atoms with Crippen molar-refractivity contribution in [3.8, 4) is 11.5 Å². The van der Waals surface area contributed by atoms with Gasteiger partial charge in [0.25, 0.3) is 9.05 Å². The number of fused-ring (bicyclic) bond motifs is 1. The molecular weight excluding hydrogens is 305 g/mol. The summed E-state index contributed by atoms with van der Waals surface area (Å²) < 4.78 is 40.8. The van der Waals surface area contributed by atoms with Crippen LogP contribution in [0.2, 0.25) is 0 Å². The van der Waals surface area contributed by atoms with Crippen LogP contribution in [0.4, 0.5) is 4.39 Å². The molecule has 0 saturated heterocycles. The Morgan fingerprint density at radius 3 is 2.45 bits per heavy atom. The fraction of sp³-hybridized carbons (Fsp3) is 0. The van der Waals surface area contributed by atoms with Crippen LogP contribution in [-0.2, 0) is 9.05 Å². The maximum atomic E-state index is 12.9. The quantitative estimate of drug-likeness (QED) is 0.679. The largest absolute Gasteiger partial charge is 0.436 e.